The predicted octanol–water partition coefficient (Wildman–Crippen LogP) is 2.17. The molecule has 140 valence electrons. The maximum Gasteiger partial charge on any atom is 0.221 e. The van der Waals surface area contributed by atoms with Gasteiger partial charge < -0.3 is 14.8 Å². The first-order chi connectivity index (χ1) is 12.6. The smallest absolute Gasteiger partial charge is 0.221 e. The Hall–Kier alpha value is -2.05. The van der Waals surface area contributed by atoms with Gasteiger partial charge in [0, 0.05) is 69.1 Å². The van der Waals surface area contributed by atoms with Crippen molar-refractivity contribution in [2.75, 3.05) is 44.2 Å². The number of anilines is 1. The van der Waals surface area contributed by atoms with Crippen LogP contribution in [0.2, 0.25) is 5.02 Å². The number of halogens is 1. The number of benzene rings is 1. The summed E-state index contributed by atoms with van der Waals surface area (Å²) in [5, 5.41) is 3.79. The first-order valence-corrected chi connectivity index (χ1v) is 9.46. The molecule has 0 unspecified atom stereocenters. The summed E-state index contributed by atoms with van der Waals surface area (Å²) in [7, 11) is 0. The number of carbonyl (C=O) groups excluding carboxylic acids is 1. The SMILES string of the molecule is Cc1cn(CCC(=O)NCCN2CCN(c3cccc(Cl)c3)CC2)cn1. The second kappa shape index (κ2) is 9.05. The zero-order valence-corrected chi connectivity index (χ0v) is 16.0. The van der Waals surface area contributed by atoms with Crippen molar-refractivity contribution >= 4 is 23.2 Å². The maximum absolute atomic E-state index is 11.9. The number of nitrogens with zero attached hydrogens (tertiary/aromatic N) is 4. The average Bonchev–Trinajstić information content (AvgIpc) is 3.06. The lowest BCUT2D eigenvalue weighted by atomic mass is 10.2. The molecule has 1 amide bonds. The quantitative estimate of drug-likeness (QED) is 0.805. The van der Waals surface area contributed by atoms with Gasteiger partial charge in [0.25, 0.3) is 0 Å². The molecule has 1 fully saturated rings. The van der Waals surface area contributed by atoms with Gasteiger partial charge in [-0.05, 0) is 25.1 Å². The minimum absolute atomic E-state index is 0.0916. The first kappa shape index (κ1) is 18.7. The van der Waals surface area contributed by atoms with Crippen LogP contribution >= 0.6 is 11.6 Å². The second-order valence-corrected chi connectivity index (χ2v) is 7.10. The third-order valence-corrected chi connectivity index (χ3v) is 4.89. The molecule has 1 aliphatic heterocycles. The summed E-state index contributed by atoms with van der Waals surface area (Å²) in [6.45, 7) is 8.15. The maximum atomic E-state index is 11.9. The van der Waals surface area contributed by atoms with Gasteiger partial charge in [0.15, 0.2) is 0 Å². The van der Waals surface area contributed by atoms with Gasteiger partial charge in [-0.15, -0.1) is 0 Å². The minimum atomic E-state index is 0.0916. The molecule has 26 heavy (non-hydrogen) atoms. The summed E-state index contributed by atoms with van der Waals surface area (Å²) >= 11 is 6.07. The van der Waals surface area contributed by atoms with Crippen molar-refractivity contribution in [1.29, 1.82) is 0 Å². The molecule has 1 aromatic carbocycles. The Bertz CT molecular complexity index is 724. The van der Waals surface area contributed by atoms with Crippen LogP contribution in [0.3, 0.4) is 0 Å². The fourth-order valence-electron chi connectivity index (χ4n) is 3.17. The molecule has 2 aromatic rings. The number of aromatic nitrogens is 2. The van der Waals surface area contributed by atoms with Gasteiger partial charge in [-0.25, -0.2) is 4.98 Å². The summed E-state index contributed by atoms with van der Waals surface area (Å²) in [6, 6.07) is 8.01. The van der Waals surface area contributed by atoms with E-state index >= 15 is 0 Å². The summed E-state index contributed by atoms with van der Waals surface area (Å²) in [5.74, 6) is 0.0916. The minimum Gasteiger partial charge on any atom is -0.369 e. The van der Waals surface area contributed by atoms with Crippen molar-refractivity contribution in [3.8, 4) is 0 Å². The number of aryl methyl sites for hydroxylation is 2. The Labute approximate surface area is 159 Å². The highest BCUT2D eigenvalue weighted by molar-refractivity contribution is 6.30. The number of carbonyl (C=O) groups is 1. The van der Waals surface area contributed by atoms with Crippen LogP contribution in [0, 0.1) is 6.92 Å². The molecular weight excluding hydrogens is 350 g/mol. The van der Waals surface area contributed by atoms with Crippen LogP contribution in [0.25, 0.3) is 0 Å². The standard InChI is InChI=1S/C19H26ClN5O/c1-16-14-24(15-22-16)7-5-19(26)21-6-8-23-9-11-25(12-10-23)18-4-2-3-17(20)13-18/h2-4,13-15H,5-12H2,1H3,(H,21,26). The summed E-state index contributed by atoms with van der Waals surface area (Å²) in [4.78, 5) is 20.9. The van der Waals surface area contributed by atoms with Gasteiger partial charge in [0.05, 0.1) is 12.0 Å². The molecule has 0 spiro atoms. The number of amides is 1. The molecule has 1 aliphatic rings. The lowest BCUT2D eigenvalue weighted by molar-refractivity contribution is -0.121. The van der Waals surface area contributed by atoms with Crippen LogP contribution in [-0.4, -0.2) is 59.6 Å². The van der Waals surface area contributed by atoms with Crippen molar-refractivity contribution in [2.45, 2.75) is 19.9 Å². The second-order valence-electron chi connectivity index (χ2n) is 6.66. The van der Waals surface area contributed by atoms with Gasteiger partial charge in [-0.1, -0.05) is 17.7 Å². The Balaban J connectivity index is 1.32. The van der Waals surface area contributed by atoms with E-state index in [1.165, 1.54) is 5.69 Å². The predicted molar refractivity (Wildman–Crippen MR) is 105 cm³/mol. The van der Waals surface area contributed by atoms with E-state index in [-0.39, 0.29) is 5.91 Å². The number of hydrogen-bond acceptors (Lipinski definition) is 4. The van der Waals surface area contributed by atoms with Crippen molar-refractivity contribution in [3.05, 3.63) is 47.5 Å². The molecule has 2 heterocycles. The Kier molecular flexibility index (Phi) is 6.52. The molecule has 1 saturated heterocycles. The third kappa shape index (κ3) is 5.47. The highest BCUT2D eigenvalue weighted by atomic mass is 35.5. The molecule has 1 aromatic heterocycles. The Morgan fingerprint density at radius 2 is 2.04 bits per heavy atom. The van der Waals surface area contributed by atoms with E-state index in [1.54, 1.807) is 6.33 Å². The summed E-state index contributed by atoms with van der Waals surface area (Å²) in [6.07, 6.45) is 4.20. The van der Waals surface area contributed by atoms with Crippen LogP contribution in [0.1, 0.15) is 12.1 Å². The largest absolute Gasteiger partial charge is 0.369 e. The lowest BCUT2D eigenvalue weighted by Crippen LogP contribution is -2.48. The van der Waals surface area contributed by atoms with Gasteiger partial charge in [-0.2, -0.15) is 0 Å². The molecule has 3 rings (SSSR count). The monoisotopic (exact) mass is 375 g/mol. The number of piperazine rings is 1. The molecule has 6 nitrogen and oxygen atoms in total. The van der Waals surface area contributed by atoms with Gasteiger partial charge in [0.2, 0.25) is 5.91 Å². The number of nitrogens with one attached hydrogen (secondary N) is 1. The molecule has 1 N–H and O–H groups in total. The zero-order valence-electron chi connectivity index (χ0n) is 15.2. The van der Waals surface area contributed by atoms with E-state index in [0.717, 1.165) is 43.4 Å². The van der Waals surface area contributed by atoms with E-state index in [2.05, 4.69) is 26.2 Å². The van der Waals surface area contributed by atoms with Gasteiger partial charge in [-0.3, -0.25) is 9.69 Å². The van der Waals surface area contributed by atoms with Gasteiger partial charge >= 0.3 is 0 Å². The Morgan fingerprint density at radius 3 is 2.73 bits per heavy atom. The fourth-order valence-corrected chi connectivity index (χ4v) is 3.35. The zero-order chi connectivity index (χ0) is 18.4. The highest BCUT2D eigenvalue weighted by Crippen LogP contribution is 2.20. The van der Waals surface area contributed by atoms with Gasteiger partial charge in [0.1, 0.15) is 0 Å². The molecule has 0 radical (unpaired) electrons. The number of hydrogen-bond donors (Lipinski definition) is 1. The van der Waals surface area contributed by atoms with Crippen molar-refractivity contribution in [2.24, 2.45) is 0 Å². The molecule has 0 bridgehead atoms. The van der Waals surface area contributed by atoms with Crippen LogP contribution in [-0.2, 0) is 11.3 Å². The molecule has 0 aliphatic carbocycles. The summed E-state index contributed by atoms with van der Waals surface area (Å²) in [5.41, 5.74) is 2.16. The highest BCUT2D eigenvalue weighted by Gasteiger charge is 2.17. The molecule has 0 atom stereocenters. The van der Waals surface area contributed by atoms with E-state index in [4.69, 9.17) is 11.6 Å². The van der Waals surface area contributed by atoms with E-state index < -0.39 is 0 Å². The van der Waals surface area contributed by atoms with E-state index in [9.17, 15) is 4.79 Å². The van der Waals surface area contributed by atoms with Crippen LogP contribution in [0.4, 0.5) is 5.69 Å². The van der Waals surface area contributed by atoms with Crippen LogP contribution in [0.5, 0.6) is 0 Å². The van der Waals surface area contributed by atoms with E-state index in [0.29, 0.717) is 19.5 Å². The van der Waals surface area contributed by atoms with Crippen molar-refractivity contribution < 1.29 is 4.79 Å². The van der Waals surface area contributed by atoms with Crippen LogP contribution in [0.15, 0.2) is 36.8 Å². The van der Waals surface area contributed by atoms with Crippen LogP contribution < -0.4 is 10.2 Å². The normalized spacial score (nSPS) is 15.2. The molecule has 7 heteroatoms. The first-order valence-electron chi connectivity index (χ1n) is 9.08. The topological polar surface area (TPSA) is 53.4 Å². The lowest BCUT2D eigenvalue weighted by Gasteiger charge is -2.36. The molecule has 0 saturated carbocycles. The Morgan fingerprint density at radius 1 is 1.23 bits per heavy atom. The summed E-state index contributed by atoms with van der Waals surface area (Å²) < 4.78 is 1.95. The van der Waals surface area contributed by atoms with E-state index in [1.807, 2.05) is 35.9 Å². The number of rotatable bonds is 7. The molecular formula is C19H26ClN5O. The third-order valence-electron chi connectivity index (χ3n) is 4.66. The number of imidazole rings is 1. The average molecular weight is 376 g/mol. The van der Waals surface area contributed by atoms with Crippen molar-refractivity contribution in [3.63, 3.8) is 0 Å². The van der Waals surface area contributed by atoms with Crippen molar-refractivity contribution in [1.82, 2.24) is 19.8 Å². The fraction of sp³-hybridized carbons (Fsp3) is 0.474.